The van der Waals surface area contributed by atoms with Gasteiger partial charge in [-0.3, -0.25) is 5.10 Å². The number of aryl methyl sites for hydroxylation is 1. The van der Waals surface area contributed by atoms with Gasteiger partial charge in [-0.2, -0.15) is 5.10 Å². The highest BCUT2D eigenvalue weighted by Crippen LogP contribution is 2.19. The van der Waals surface area contributed by atoms with Crippen molar-refractivity contribution in [3.05, 3.63) is 30.2 Å². The molecule has 0 spiro atoms. The van der Waals surface area contributed by atoms with E-state index in [-0.39, 0.29) is 0 Å². The van der Waals surface area contributed by atoms with Crippen LogP contribution in [0.3, 0.4) is 0 Å². The predicted molar refractivity (Wildman–Crippen MR) is 45.7 cm³/mol. The summed E-state index contributed by atoms with van der Waals surface area (Å²) >= 11 is 0. The van der Waals surface area contributed by atoms with E-state index in [1.807, 2.05) is 18.2 Å². The normalized spacial score (nSPS) is 10.4. The number of aromatic amines is 1. The van der Waals surface area contributed by atoms with E-state index in [1.165, 1.54) is 0 Å². The summed E-state index contributed by atoms with van der Waals surface area (Å²) in [5.41, 5.74) is 0.926. The van der Waals surface area contributed by atoms with Crippen LogP contribution in [0.25, 0.3) is 11.5 Å². The Balaban J connectivity index is 2.35. The molecule has 3 heteroatoms. The highest BCUT2D eigenvalue weighted by atomic mass is 16.3. The minimum Gasteiger partial charge on any atom is -0.459 e. The van der Waals surface area contributed by atoms with Crippen LogP contribution in [0.5, 0.6) is 0 Å². The van der Waals surface area contributed by atoms with Crippen molar-refractivity contribution < 1.29 is 4.42 Å². The number of furan rings is 1. The predicted octanol–water partition coefficient (Wildman–Crippen LogP) is 2.23. The number of rotatable bonds is 2. The van der Waals surface area contributed by atoms with Crippen molar-refractivity contribution in [2.75, 3.05) is 0 Å². The second kappa shape index (κ2) is 2.85. The highest BCUT2D eigenvalue weighted by molar-refractivity contribution is 5.51. The molecule has 3 nitrogen and oxygen atoms in total. The first-order chi connectivity index (χ1) is 5.90. The lowest BCUT2D eigenvalue weighted by Crippen LogP contribution is -1.73. The van der Waals surface area contributed by atoms with Gasteiger partial charge in [-0.1, -0.05) is 6.92 Å². The fourth-order valence-electron chi connectivity index (χ4n) is 1.11. The van der Waals surface area contributed by atoms with Crippen LogP contribution in [0.15, 0.2) is 28.8 Å². The summed E-state index contributed by atoms with van der Waals surface area (Å²) < 4.78 is 5.51. The van der Waals surface area contributed by atoms with E-state index in [0.29, 0.717) is 0 Å². The van der Waals surface area contributed by atoms with Crippen LogP contribution in [0.2, 0.25) is 0 Å². The van der Waals surface area contributed by atoms with E-state index in [2.05, 4.69) is 17.1 Å². The van der Waals surface area contributed by atoms with Crippen molar-refractivity contribution in [3.8, 4) is 11.5 Å². The Kier molecular flexibility index (Phi) is 1.70. The van der Waals surface area contributed by atoms with Crippen LogP contribution in [0.4, 0.5) is 0 Å². The third-order valence-corrected chi connectivity index (χ3v) is 1.78. The van der Waals surface area contributed by atoms with Crippen LogP contribution in [-0.4, -0.2) is 10.2 Å². The molecule has 2 aromatic heterocycles. The molecule has 0 aliphatic carbocycles. The third kappa shape index (κ3) is 1.13. The average molecular weight is 162 g/mol. The first-order valence-electron chi connectivity index (χ1n) is 3.98. The molecule has 0 amide bonds. The number of H-pyrrole nitrogens is 1. The Hall–Kier alpha value is -1.51. The maximum atomic E-state index is 5.51. The zero-order valence-corrected chi connectivity index (χ0v) is 6.87. The number of hydrogen-bond donors (Lipinski definition) is 1. The van der Waals surface area contributed by atoms with E-state index in [1.54, 1.807) is 6.20 Å². The van der Waals surface area contributed by atoms with Crippen molar-refractivity contribution in [2.45, 2.75) is 13.3 Å². The lowest BCUT2D eigenvalue weighted by Gasteiger charge is -1.89. The van der Waals surface area contributed by atoms with E-state index in [9.17, 15) is 0 Å². The molecule has 12 heavy (non-hydrogen) atoms. The zero-order valence-electron chi connectivity index (χ0n) is 6.87. The van der Waals surface area contributed by atoms with Gasteiger partial charge in [-0.25, -0.2) is 0 Å². The van der Waals surface area contributed by atoms with Gasteiger partial charge in [-0.05, 0) is 18.2 Å². The van der Waals surface area contributed by atoms with Crippen molar-refractivity contribution in [1.29, 1.82) is 0 Å². The molecule has 0 atom stereocenters. The van der Waals surface area contributed by atoms with Gasteiger partial charge in [0, 0.05) is 12.6 Å². The summed E-state index contributed by atoms with van der Waals surface area (Å²) in [4.78, 5) is 0. The summed E-state index contributed by atoms with van der Waals surface area (Å²) in [6.07, 6.45) is 2.64. The molecule has 0 fully saturated rings. The lowest BCUT2D eigenvalue weighted by molar-refractivity contribution is 0.527. The molecule has 0 aliphatic heterocycles. The molecule has 0 aromatic carbocycles. The SMILES string of the molecule is CCc1ccc(-c2ccn[nH]2)o1. The number of aromatic nitrogens is 2. The largest absolute Gasteiger partial charge is 0.459 e. The second-order valence-electron chi connectivity index (χ2n) is 2.59. The van der Waals surface area contributed by atoms with Gasteiger partial charge in [0.25, 0.3) is 0 Å². The molecule has 62 valence electrons. The van der Waals surface area contributed by atoms with E-state index >= 15 is 0 Å². The monoisotopic (exact) mass is 162 g/mol. The fraction of sp³-hybridized carbons (Fsp3) is 0.222. The van der Waals surface area contributed by atoms with Gasteiger partial charge in [-0.15, -0.1) is 0 Å². The Bertz CT molecular complexity index is 348. The maximum absolute atomic E-state index is 5.51. The first kappa shape index (κ1) is 7.16. The lowest BCUT2D eigenvalue weighted by atomic mass is 10.3. The summed E-state index contributed by atoms with van der Waals surface area (Å²) in [5, 5.41) is 6.70. The molecule has 2 heterocycles. The van der Waals surface area contributed by atoms with Gasteiger partial charge in [0.2, 0.25) is 0 Å². The Morgan fingerprint density at radius 2 is 2.33 bits per heavy atom. The van der Waals surface area contributed by atoms with Gasteiger partial charge >= 0.3 is 0 Å². The van der Waals surface area contributed by atoms with Gasteiger partial charge < -0.3 is 4.42 Å². The van der Waals surface area contributed by atoms with Crippen LogP contribution in [0, 0.1) is 0 Å². The van der Waals surface area contributed by atoms with Crippen LogP contribution in [0.1, 0.15) is 12.7 Å². The molecule has 2 aromatic rings. The Labute approximate surface area is 70.4 Å². The molecule has 1 N–H and O–H groups in total. The molecule has 0 unspecified atom stereocenters. The minimum absolute atomic E-state index is 0.851. The molecule has 2 rings (SSSR count). The molecule has 0 radical (unpaired) electrons. The molecular weight excluding hydrogens is 152 g/mol. The molecule has 0 saturated carbocycles. The van der Waals surface area contributed by atoms with E-state index in [4.69, 9.17) is 4.42 Å². The number of nitrogens with one attached hydrogen (secondary N) is 1. The summed E-state index contributed by atoms with van der Waals surface area (Å²) in [6.45, 7) is 2.07. The molecule has 0 saturated heterocycles. The third-order valence-electron chi connectivity index (χ3n) is 1.78. The number of nitrogens with zero attached hydrogens (tertiary/aromatic N) is 1. The van der Waals surface area contributed by atoms with Crippen LogP contribution < -0.4 is 0 Å². The van der Waals surface area contributed by atoms with Gasteiger partial charge in [0.05, 0.1) is 0 Å². The first-order valence-corrected chi connectivity index (χ1v) is 3.98. The Morgan fingerprint density at radius 1 is 1.42 bits per heavy atom. The van der Waals surface area contributed by atoms with Crippen LogP contribution >= 0.6 is 0 Å². The van der Waals surface area contributed by atoms with E-state index < -0.39 is 0 Å². The van der Waals surface area contributed by atoms with Gasteiger partial charge in [0.1, 0.15) is 11.5 Å². The van der Waals surface area contributed by atoms with Crippen molar-refractivity contribution in [3.63, 3.8) is 0 Å². The van der Waals surface area contributed by atoms with E-state index in [0.717, 1.165) is 23.6 Å². The van der Waals surface area contributed by atoms with Gasteiger partial charge in [0.15, 0.2) is 5.76 Å². The quantitative estimate of drug-likeness (QED) is 0.735. The second-order valence-corrected chi connectivity index (χ2v) is 2.59. The maximum Gasteiger partial charge on any atom is 0.152 e. The van der Waals surface area contributed by atoms with Crippen LogP contribution in [-0.2, 0) is 6.42 Å². The van der Waals surface area contributed by atoms with Crippen molar-refractivity contribution in [1.82, 2.24) is 10.2 Å². The smallest absolute Gasteiger partial charge is 0.152 e. The summed E-state index contributed by atoms with van der Waals surface area (Å²) in [5.74, 6) is 1.85. The molecule has 0 aliphatic rings. The minimum atomic E-state index is 0.851. The topological polar surface area (TPSA) is 41.8 Å². The highest BCUT2D eigenvalue weighted by Gasteiger charge is 2.03. The fourth-order valence-corrected chi connectivity index (χ4v) is 1.11. The zero-order chi connectivity index (χ0) is 8.39. The summed E-state index contributed by atoms with van der Waals surface area (Å²) in [6, 6.07) is 5.82. The van der Waals surface area contributed by atoms with Crippen molar-refractivity contribution in [2.24, 2.45) is 0 Å². The summed E-state index contributed by atoms with van der Waals surface area (Å²) in [7, 11) is 0. The average Bonchev–Trinajstić information content (AvgIpc) is 2.75. The molecule has 0 bridgehead atoms. The standard InChI is InChI=1S/C9H10N2O/c1-2-7-3-4-9(12-7)8-5-6-10-11-8/h3-6H,2H2,1H3,(H,10,11). The van der Waals surface area contributed by atoms with Crippen molar-refractivity contribution >= 4 is 0 Å². The Morgan fingerprint density at radius 3 is 2.92 bits per heavy atom. The molecular formula is C9H10N2O. The number of hydrogen-bond acceptors (Lipinski definition) is 2.